The van der Waals surface area contributed by atoms with Crippen molar-refractivity contribution in [3.63, 3.8) is 0 Å². The van der Waals surface area contributed by atoms with Crippen LogP contribution in [0, 0.1) is 0 Å². The Labute approximate surface area is 174 Å². The van der Waals surface area contributed by atoms with Crippen LogP contribution in [0.2, 0.25) is 0 Å². The summed E-state index contributed by atoms with van der Waals surface area (Å²) >= 11 is 1.38. The van der Waals surface area contributed by atoms with Crippen molar-refractivity contribution in [2.45, 2.75) is 57.3 Å². The van der Waals surface area contributed by atoms with E-state index in [-0.39, 0.29) is 11.7 Å². The van der Waals surface area contributed by atoms with Gasteiger partial charge in [0.25, 0.3) is 0 Å². The fourth-order valence-electron chi connectivity index (χ4n) is 3.45. The summed E-state index contributed by atoms with van der Waals surface area (Å²) in [7, 11) is 0. The van der Waals surface area contributed by atoms with Crippen molar-refractivity contribution in [1.82, 2.24) is 29.6 Å². The Morgan fingerprint density at radius 1 is 1.24 bits per heavy atom. The first-order valence-electron chi connectivity index (χ1n) is 10.0. The van der Waals surface area contributed by atoms with E-state index >= 15 is 0 Å². The number of aryl methyl sites for hydroxylation is 2. The highest BCUT2D eigenvalue weighted by Gasteiger charge is 2.14. The number of rotatable bonds is 7. The number of nitrogens with one attached hydrogen (secondary N) is 1. The number of carbonyl (C=O) groups excluding carboxylic acids is 1. The molecule has 1 amide bonds. The van der Waals surface area contributed by atoms with Gasteiger partial charge >= 0.3 is 0 Å². The normalized spacial score (nSPS) is 13.5. The lowest BCUT2D eigenvalue weighted by molar-refractivity contribution is -0.118. The Bertz CT molecular complexity index is 952. The van der Waals surface area contributed by atoms with Crippen LogP contribution in [0.25, 0.3) is 5.69 Å². The number of amides is 1. The molecule has 2 aromatic heterocycles. The van der Waals surface area contributed by atoms with E-state index in [1.807, 2.05) is 4.57 Å². The van der Waals surface area contributed by atoms with Crippen molar-refractivity contribution in [2.75, 3.05) is 5.75 Å². The molecule has 8 heteroatoms. The van der Waals surface area contributed by atoms with Crippen LogP contribution in [0.3, 0.4) is 0 Å². The summed E-state index contributed by atoms with van der Waals surface area (Å²) in [6.07, 6.45) is 7.16. The minimum atomic E-state index is -0.0364. The van der Waals surface area contributed by atoms with Gasteiger partial charge in [-0.1, -0.05) is 37.7 Å². The molecule has 1 aliphatic heterocycles. The van der Waals surface area contributed by atoms with Crippen molar-refractivity contribution < 1.29 is 4.79 Å². The number of carbonyl (C=O) groups is 1. The predicted octanol–water partition coefficient (Wildman–Crippen LogP) is 3.33. The van der Waals surface area contributed by atoms with Gasteiger partial charge in [-0.25, -0.2) is 4.98 Å². The third-order valence-electron chi connectivity index (χ3n) is 5.11. The Morgan fingerprint density at radius 2 is 2.07 bits per heavy atom. The van der Waals surface area contributed by atoms with Crippen LogP contribution in [-0.2, 0) is 24.3 Å². The van der Waals surface area contributed by atoms with Crippen LogP contribution < -0.4 is 5.32 Å². The molecule has 1 aromatic carbocycles. The van der Waals surface area contributed by atoms with E-state index < -0.39 is 0 Å². The van der Waals surface area contributed by atoms with Gasteiger partial charge in [0.2, 0.25) is 5.91 Å². The lowest BCUT2D eigenvalue weighted by Crippen LogP contribution is -2.24. The predicted molar refractivity (Wildman–Crippen MR) is 113 cm³/mol. The molecule has 29 heavy (non-hydrogen) atoms. The molecule has 4 rings (SSSR count). The highest BCUT2D eigenvalue weighted by molar-refractivity contribution is 7.99. The van der Waals surface area contributed by atoms with E-state index in [9.17, 15) is 4.79 Å². The molecule has 0 unspecified atom stereocenters. The molecule has 0 spiro atoms. The molecular weight excluding hydrogens is 384 g/mol. The summed E-state index contributed by atoms with van der Waals surface area (Å²) in [5.74, 6) is 1.87. The number of fused-ring (bicyclic) bond motifs is 1. The number of aromatic nitrogens is 5. The molecular formula is C21H26N6OS. The summed E-state index contributed by atoms with van der Waals surface area (Å²) in [5, 5.41) is 11.8. The van der Waals surface area contributed by atoms with Crippen molar-refractivity contribution in [2.24, 2.45) is 0 Å². The monoisotopic (exact) mass is 410 g/mol. The smallest absolute Gasteiger partial charge is 0.230 e. The first kappa shape index (κ1) is 19.7. The second kappa shape index (κ2) is 8.82. The molecule has 3 aromatic rings. The van der Waals surface area contributed by atoms with Gasteiger partial charge in [-0.2, -0.15) is 0 Å². The molecule has 0 saturated heterocycles. The van der Waals surface area contributed by atoms with Gasteiger partial charge in [0.05, 0.1) is 18.0 Å². The van der Waals surface area contributed by atoms with Gasteiger partial charge in [0, 0.05) is 24.8 Å². The standard InChI is InChI=1S/C21H26N6OS/c1-15(2)16-6-8-18(9-7-16)27-14-23-25-21(27)29-13-20(28)22-11-17-12-26-10-4-3-5-19(26)24-17/h6-9,12,14-15H,3-5,10-11,13H2,1-2H3,(H,22,28). The maximum absolute atomic E-state index is 12.3. The molecule has 0 fully saturated rings. The Morgan fingerprint density at radius 3 is 2.83 bits per heavy atom. The van der Waals surface area contributed by atoms with Gasteiger partial charge in [0.15, 0.2) is 5.16 Å². The quantitative estimate of drug-likeness (QED) is 0.605. The van der Waals surface area contributed by atoms with E-state index in [1.54, 1.807) is 6.33 Å². The second-order valence-electron chi connectivity index (χ2n) is 7.59. The zero-order valence-electron chi connectivity index (χ0n) is 16.8. The molecule has 0 atom stereocenters. The highest BCUT2D eigenvalue weighted by atomic mass is 32.2. The van der Waals surface area contributed by atoms with E-state index in [0.29, 0.717) is 17.6 Å². The van der Waals surface area contributed by atoms with E-state index in [4.69, 9.17) is 0 Å². The molecule has 152 valence electrons. The third-order valence-corrected chi connectivity index (χ3v) is 6.05. The fourth-order valence-corrected chi connectivity index (χ4v) is 4.21. The maximum Gasteiger partial charge on any atom is 0.230 e. The van der Waals surface area contributed by atoms with Gasteiger partial charge in [-0.15, -0.1) is 10.2 Å². The fraction of sp³-hybridized carbons (Fsp3) is 0.429. The van der Waals surface area contributed by atoms with Gasteiger partial charge < -0.3 is 9.88 Å². The minimum Gasteiger partial charge on any atom is -0.350 e. The van der Waals surface area contributed by atoms with Crippen molar-refractivity contribution in [3.05, 3.63) is 53.9 Å². The first-order valence-corrected chi connectivity index (χ1v) is 11.0. The number of benzene rings is 1. The third kappa shape index (κ3) is 4.70. The second-order valence-corrected chi connectivity index (χ2v) is 8.54. The van der Waals surface area contributed by atoms with Crippen LogP contribution in [0.4, 0.5) is 0 Å². The van der Waals surface area contributed by atoms with E-state index in [0.717, 1.165) is 30.2 Å². The number of hydrogen-bond donors (Lipinski definition) is 1. The van der Waals surface area contributed by atoms with Crippen molar-refractivity contribution in [3.8, 4) is 5.69 Å². The lowest BCUT2D eigenvalue weighted by Gasteiger charge is -2.11. The molecule has 0 radical (unpaired) electrons. The minimum absolute atomic E-state index is 0.0364. The van der Waals surface area contributed by atoms with Crippen LogP contribution in [0.15, 0.2) is 41.9 Å². The van der Waals surface area contributed by atoms with E-state index in [2.05, 4.69) is 69.4 Å². The lowest BCUT2D eigenvalue weighted by atomic mass is 10.0. The maximum atomic E-state index is 12.3. The summed E-state index contributed by atoms with van der Waals surface area (Å²) in [4.78, 5) is 16.9. The van der Waals surface area contributed by atoms with Crippen LogP contribution in [-0.4, -0.2) is 36.0 Å². The Hall–Kier alpha value is -2.61. The Kier molecular flexibility index (Phi) is 5.99. The summed E-state index contributed by atoms with van der Waals surface area (Å²) in [6, 6.07) is 8.35. The van der Waals surface area contributed by atoms with Crippen LogP contribution >= 0.6 is 11.8 Å². The van der Waals surface area contributed by atoms with Crippen molar-refractivity contribution in [1.29, 1.82) is 0 Å². The SMILES string of the molecule is CC(C)c1ccc(-n2cnnc2SCC(=O)NCc2cn3c(n2)CCCC3)cc1. The largest absolute Gasteiger partial charge is 0.350 e. The molecule has 1 N–H and O–H groups in total. The Balaban J connectivity index is 1.32. The molecule has 0 aliphatic carbocycles. The first-order chi connectivity index (χ1) is 14.1. The highest BCUT2D eigenvalue weighted by Crippen LogP contribution is 2.22. The van der Waals surface area contributed by atoms with E-state index in [1.165, 1.54) is 30.2 Å². The number of imidazole rings is 1. The molecule has 0 saturated carbocycles. The topological polar surface area (TPSA) is 77.6 Å². The zero-order chi connectivity index (χ0) is 20.2. The van der Waals surface area contributed by atoms with Crippen LogP contribution in [0.1, 0.15) is 49.7 Å². The summed E-state index contributed by atoms with van der Waals surface area (Å²) in [6.45, 7) is 5.84. The molecule has 7 nitrogen and oxygen atoms in total. The van der Waals surface area contributed by atoms with Crippen LogP contribution in [0.5, 0.6) is 0 Å². The average molecular weight is 411 g/mol. The zero-order valence-corrected chi connectivity index (χ0v) is 17.7. The number of thioether (sulfide) groups is 1. The van der Waals surface area contributed by atoms with Gasteiger partial charge in [-0.05, 0) is 36.5 Å². The summed E-state index contributed by atoms with van der Waals surface area (Å²) < 4.78 is 4.11. The average Bonchev–Trinajstić information content (AvgIpc) is 3.37. The molecule has 3 heterocycles. The van der Waals surface area contributed by atoms with Gasteiger partial charge in [-0.3, -0.25) is 9.36 Å². The number of nitrogens with zero attached hydrogens (tertiary/aromatic N) is 5. The summed E-state index contributed by atoms with van der Waals surface area (Å²) in [5.41, 5.74) is 3.20. The van der Waals surface area contributed by atoms with Crippen molar-refractivity contribution >= 4 is 17.7 Å². The number of hydrogen-bond acceptors (Lipinski definition) is 5. The molecule has 0 bridgehead atoms. The molecule has 1 aliphatic rings. The van der Waals surface area contributed by atoms with Gasteiger partial charge in [0.1, 0.15) is 12.2 Å².